The second-order valence-corrected chi connectivity index (χ2v) is 10.5. The van der Waals surface area contributed by atoms with Gasteiger partial charge in [-0.1, -0.05) is 72.8 Å². The lowest BCUT2D eigenvalue weighted by Gasteiger charge is -2.31. The summed E-state index contributed by atoms with van der Waals surface area (Å²) in [5.74, 6) is -2.47. The Hall–Kier alpha value is -4.57. The van der Waals surface area contributed by atoms with Crippen molar-refractivity contribution < 1.29 is 33.7 Å². The van der Waals surface area contributed by atoms with Gasteiger partial charge in [0, 0.05) is 49.8 Å². The molecule has 3 aromatic carbocycles. The van der Waals surface area contributed by atoms with Crippen molar-refractivity contribution in [1.82, 2.24) is 10.2 Å². The fraction of sp³-hybridized carbons (Fsp3) is 0.265. The average molecular weight is 583 g/mol. The number of carbonyl (C=O) groups is 3. The van der Waals surface area contributed by atoms with Crippen LogP contribution in [0.3, 0.4) is 0 Å². The predicted octanol–water partition coefficient (Wildman–Crippen LogP) is 3.44. The van der Waals surface area contributed by atoms with Crippen LogP contribution in [0.4, 0.5) is 0 Å². The van der Waals surface area contributed by atoms with E-state index in [1.54, 1.807) is 50.5 Å². The molecule has 0 aromatic heterocycles. The van der Waals surface area contributed by atoms with E-state index in [1.165, 1.54) is 11.0 Å². The number of hydrogen-bond donors (Lipinski definition) is 2. The molecule has 2 aliphatic rings. The minimum Gasteiger partial charge on any atom is -0.456 e. The minimum atomic E-state index is -1.31. The number of hydrogen-bond acceptors (Lipinski definition) is 7. The first-order valence-corrected chi connectivity index (χ1v) is 14.1. The number of aliphatic hydroxyl groups is 1. The predicted molar refractivity (Wildman–Crippen MR) is 160 cm³/mol. The highest BCUT2D eigenvalue weighted by Gasteiger charge is 2.54. The van der Waals surface area contributed by atoms with Crippen molar-refractivity contribution in [2.24, 2.45) is 0 Å². The van der Waals surface area contributed by atoms with Crippen LogP contribution >= 0.6 is 0 Å². The molecule has 222 valence electrons. The van der Waals surface area contributed by atoms with Crippen molar-refractivity contribution in [2.45, 2.75) is 30.5 Å². The standard InChI is InChI=1S/C34H34N2O7/c1-36(2)30(38)17-16-23-10-9-11-24(20-23)33(40)41-28-21-25(32(39)35-18-19-37)22-29-31(28)43-34(42-29,26-12-5-3-6-13-26)27-14-7-4-8-15-27/h3-17,20,22,28-29,31,37H,18-19,21H2,1-2H3,(H,35,39). The van der Waals surface area contributed by atoms with Gasteiger partial charge < -0.3 is 29.5 Å². The molecule has 1 aliphatic heterocycles. The van der Waals surface area contributed by atoms with Gasteiger partial charge in [0.15, 0.2) is 0 Å². The first-order chi connectivity index (χ1) is 20.8. The van der Waals surface area contributed by atoms with E-state index in [2.05, 4.69) is 5.32 Å². The van der Waals surface area contributed by atoms with Gasteiger partial charge in [-0.2, -0.15) is 0 Å². The van der Waals surface area contributed by atoms with Crippen LogP contribution in [0.1, 0.15) is 33.5 Å². The molecule has 5 rings (SSSR count). The van der Waals surface area contributed by atoms with Gasteiger partial charge in [-0.3, -0.25) is 9.59 Å². The van der Waals surface area contributed by atoms with Crippen molar-refractivity contribution in [3.05, 3.63) is 125 Å². The number of rotatable bonds is 9. The number of esters is 1. The van der Waals surface area contributed by atoms with Crippen LogP contribution in [0.5, 0.6) is 0 Å². The van der Waals surface area contributed by atoms with Gasteiger partial charge >= 0.3 is 5.97 Å². The Morgan fingerprint density at radius 1 is 0.977 bits per heavy atom. The molecule has 1 fully saturated rings. The molecule has 9 heteroatoms. The molecular formula is C34H34N2O7. The molecule has 1 saturated heterocycles. The zero-order valence-electron chi connectivity index (χ0n) is 24.0. The summed E-state index contributed by atoms with van der Waals surface area (Å²) in [6.45, 7) is -0.125. The molecule has 9 nitrogen and oxygen atoms in total. The first-order valence-electron chi connectivity index (χ1n) is 14.1. The van der Waals surface area contributed by atoms with Crippen LogP contribution in [0.15, 0.2) is 103 Å². The first kappa shape index (κ1) is 29.9. The highest BCUT2D eigenvalue weighted by molar-refractivity contribution is 5.95. The lowest BCUT2D eigenvalue weighted by molar-refractivity contribution is -0.157. The molecule has 1 heterocycles. The van der Waals surface area contributed by atoms with Crippen LogP contribution in [0.25, 0.3) is 6.08 Å². The number of fused-ring (bicyclic) bond motifs is 1. The molecule has 0 saturated carbocycles. The number of nitrogens with one attached hydrogen (secondary N) is 1. The zero-order valence-corrected chi connectivity index (χ0v) is 24.0. The van der Waals surface area contributed by atoms with Gasteiger partial charge in [-0.05, 0) is 29.8 Å². The maximum absolute atomic E-state index is 13.5. The average Bonchev–Trinajstić information content (AvgIpc) is 3.44. The summed E-state index contributed by atoms with van der Waals surface area (Å²) in [5.41, 5.74) is 2.82. The zero-order chi connectivity index (χ0) is 30.4. The van der Waals surface area contributed by atoms with Gasteiger partial charge in [-0.25, -0.2) is 4.79 Å². The van der Waals surface area contributed by atoms with Crippen molar-refractivity contribution in [1.29, 1.82) is 0 Å². The fourth-order valence-corrected chi connectivity index (χ4v) is 5.17. The van der Waals surface area contributed by atoms with Crippen LogP contribution in [0, 0.1) is 0 Å². The van der Waals surface area contributed by atoms with Crippen molar-refractivity contribution in [3.63, 3.8) is 0 Å². The van der Waals surface area contributed by atoms with Crippen molar-refractivity contribution in [2.75, 3.05) is 27.2 Å². The SMILES string of the molecule is CN(C)C(=O)C=Cc1cccc(C(=O)OC2CC(C(=O)NCCO)=CC3OC(c4ccccc4)(c4ccccc4)OC32)c1. The molecule has 2 N–H and O–H groups in total. The fourth-order valence-electron chi connectivity index (χ4n) is 5.17. The summed E-state index contributed by atoms with van der Waals surface area (Å²) in [5, 5.41) is 11.9. The van der Waals surface area contributed by atoms with Crippen molar-refractivity contribution in [3.8, 4) is 0 Å². The van der Waals surface area contributed by atoms with Crippen LogP contribution in [-0.4, -0.2) is 73.3 Å². The summed E-state index contributed by atoms with van der Waals surface area (Å²) >= 11 is 0. The third-order valence-electron chi connectivity index (χ3n) is 7.32. The molecule has 3 aromatic rings. The topological polar surface area (TPSA) is 114 Å². The third-order valence-corrected chi connectivity index (χ3v) is 7.32. The number of aliphatic hydroxyl groups excluding tert-OH is 1. The smallest absolute Gasteiger partial charge is 0.338 e. The van der Waals surface area contributed by atoms with Crippen LogP contribution in [-0.2, 0) is 29.6 Å². The van der Waals surface area contributed by atoms with Crippen LogP contribution in [0.2, 0.25) is 0 Å². The van der Waals surface area contributed by atoms with E-state index in [9.17, 15) is 19.5 Å². The number of nitrogens with zero attached hydrogens (tertiary/aromatic N) is 1. The van der Waals surface area contributed by atoms with Gasteiger partial charge in [0.2, 0.25) is 17.6 Å². The Morgan fingerprint density at radius 2 is 1.65 bits per heavy atom. The van der Waals surface area contributed by atoms with Gasteiger partial charge in [-0.15, -0.1) is 0 Å². The lowest BCUT2D eigenvalue weighted by Crippen LogP contribution is -2.43. The monoisotopic (exact) mass is 582 g/mol. The Bertz CT molecular complexity index is 1480. The number of benzene rings is 3. The van der Waals surface area contributed by atoms with E-state index >= 15 is 0 Å². The highest BCUT2D eigenvalue weighted by atomic mass is 16.8. The summed E-state index contributed by atoms with van der Waals surface area (Å²) in [6.07, 6.45) is 2.56. The van der Waals surface area contributed by atoms with Crippen molar-refractivity contribution >= 4 is 23.9 Å². The van der Waals surface area contributed by atoms with Gasteiger partial charge in [0.1, 0.15) is 18.3 Å². The van der Waals surface area contributed by atoms with E-state index in [-0.39, 0.29) is 37.0 Å². The minimum absolute atomic E-state index is 0.0840. The van der Waals surface area contributed by atoms with E-state index < -0.39 is 30.1 Å². The molecule has 3 unspecified atom stereocenters. The number of likely N-dealkylation sites (N-methyl/N-ethyl adjacent to an activating group) is 1. The van der Waals surface area contributed by atoms with E-state index in [4.69, 9.17) is 14.2 Å². The molecule has 0 spiro atoms. The van der Waals surface area contributed by atoms with E-state index in [0.29, 0.717) is 11.1 Å². The molecule has 0 radical (unpaired) electrons. The van der Waals surface area contributed by atoms with Gasteiger partial charge in [0.25, 0.3) is 0 Å². The molecule has 3 atom stereocenters. The van der Waals surface area contributed by atoms with Crippen LogP contribution < -0.4 is 5.32 Å². The summed E-state index contributed by atoms with van der Waals surface area (Å²) in [7, 11) is 3.31. The summed E-state index contributed by atoms with van der Waals surface area (Å²) in [6, 6.07) is 25.7. The Labute approximate surface area is 250 Å². The van der Waals surface area contributed by atoms with E-state index in [0.717, 1.165) is 11.1 Å². The largest absolute Gasteiger partial charge is 0.456 e. The maximum Gasteiger partial charge on any atom is 0.338 e. The van der Waals surface area contributed by atoms with E-state index in [1.807, 2.05) is 60.7 Å². The molecule has 43 heavy (non-hydrogen) atoms. The third kappa shape index (κ3) is 6.59. The Morgan fingerprint density at radius 3 is 2.28 bits per heavy atom. The number of carbonyl (C=O) groups excluding carboxylic acids is 3. The quantitative estimate of drug-likeness (QED) is 0.294. The molecule has 0 bridgehead atoms. The second kappa shape index (κ2) is 13.2. The Balaban J connectivity index is 1.47. The normalized spacial score (nSPS) is 20.6. The highest BCUT2D eigenvalue weighted by Crippen LogP contribution is 2.47. The second-order valence-electron chi connectivity index (χ2n) is 10.5. The molecule has 2 amide bonds. The van der Waals surface area contributed by atoms with Gasteiger partial charge in [0.05, 0.1) is 12.2 Å². The molecule has 1 aliphatic carbocycles. The lowest BCUT2D eigenvalue weighted by atomic mass is 9.91. The molecular weight excluding hydrogens is 548 g/mol. The number of amides is 2. The Kier molecular flexibility index (Phi) is 9.16. The maximum atomic E-state index is 13.5. The summed E-state index contributed by atoms with van der Waals surface area (Å²) < 4.78 is 19.4. The number of ether oxygens (including phenoxy) is 3. The summed E-state index contributed by atoms with van der Waals surface area (Å²) in [4.78, 5) is 39.9.